The van der Waals surface area contributed by atoms with E-state index in [-0.39, 0.29) is 0 Å². The molecule has 0 aromatic heterocycles. The van der Waals surface area contributed by atoms with Crippen LogP contribution in [0.3, 0.4) is 0 Å². The highest BCUT2D eigenvalue weighted by Crippen LogP contribution is 1.96. The highest BCUT2D eigenvalue weighted by atomic mass is 16.5. The predicted octanol–water partition coefficient (Wildman–Crippen LogP) is 0.639. The number of nitrogens with zero attached hydrogens (tertiary/aromatic N) is 2. The molecule has 0 aromatic carbocycles. The average molecular weight is 243 g/mol. The maximum atomic E-state index is 5.56. The minimum Gasteiger partial charge on any atom is -0.377 e. The predicted molar refractivity (Wildman–Crippen MR) is 72.5 cm³/mol. The van der Waals surface area contributed by atoms with Crippen LogP contribution < -0.4 is 5.32 Å². The standard InChI is InChI=1S/C13H29N3O/c1-13(2)17-12-11-15(3)9-10-16-7-4-5-14-6-8-16/h13-14H,4-12H2,1-3H3. The van der Waals surface area contributed by atoms with Crippen LogP contribution in [-0.4, -0.2) is 75.4 Å². The summed E-state index contributed by atoms with van der Waals surface area (Å²) >= 11 is 0. The van der Waals surface area contributed by atoms with Gasteiger partial charge in [-0.2, -0.15) is 0 Å². The average Bonchev–Trinajstić information content (AvgIpc) is 2.54. The Bertz CT molecular complexity index is 180. The van der Waals surface area contributed by atoms with Crippen LogP contribution in [0.15, 0.2) is 0 Å². The topological polar surface area (TPSA) is 27.7 Å². The number of ether oxygens (including phenoxy) is 1. The first kappa shape index (κ1) is 14.9. The SMILES string of the molecule is CC(C)OCCN(C)CCN1CCCNCC1. The number of rotatable bonds is 7. The summed E-state index contributed by atoms with van der Waals surface area (Å²) < 4.78 is 5.56. The maximum absolute atomic E-state index is 5.56. The lowest BCUT2D eigenvalue weighted by Gasteiger charge is -2.24. The molecule has 0 unspecified atom stereocenters. The monoisotopic (exact) mass is 243 g/mol. The van der Waals surface area contributed by atoms with Gasteiger partial charge in [0, 0.05) is 32.7 Å². The Morgan fingerprint density at radius 3 is 2.82 bits per heavy atom. The lowest BCUT2D eigenvalue weighted by atomic mass is 10.4. The third kappa shape index (κ3) is 7.71. The summed E-state index contributed by atoms with van der Waals surface area (Å²) in [4.78, 5) is 4.92. The highest BCUT2D eigenvalue weighted by Gasteiger charge is 2.09. The molecule has 1 aliphatic heterocycles. The second-order valence-electron chi connectivity index (χ2n) is 5.17. The zero-order valence-electron chi connectivity index (χ0n) is 11.7. The number of nitrogens with one attached hydrogen (secondary N) is 1. The van der Waals surface area contributed by atoms with E-state index in [0.717, 1.165) is 26.2 Å². The molecule has 0 bridgehead atoms. The van der Waals surface area contributed by atoms with E-state index in [0.29, 0.717) is 6.10 Å². The van der Waals surface area contributed by atoms with Crippen molar-refractivity contribution < 1.29 is 4.74 Å². The van der Waals surface area contributed by atoms with Gasteiger partial charge in [-0.15, -0.1) is 0 Å². The van der Waals surface area contributed by atoms with Crippen molar-refractivity contribution in [2.45, 2.75) is 26.4 Å². The summed E-state index contributed by atoms with van der Waals surface area (Å²) in [6.45, 7) is 13.1. The molecule has 1 heterocycles. The molecule has 1 N–H and O–H groups in total. The van der Waals surface area contributed by atoms with E-state index in [1.54, 1.807) is 0 Å². The molecule has 4 nitrogen and oxygen atoms in total. The van der Waals surface area contributed by atoms with E-state index in [1.165, 1.54) is 32.6 Å². The van der Waals surface area contributed by atoms with E-state index in [2.05, 4.69) is 36.0 Å². The van der Waals surface area contributed by atoms with Crippen molar-refractivity contribution >= 4 is 0 Å². The molecule has 4 heteroatoms. The van der Waals surface area contributed by atoms with Gasteiger partial charge in [0.25, 0.3) is 0 Å². The molecule has 0 saturated carbocycles. The van der Waals surface area contributed by atoms with Crippen molar-refractivity contribution in [3.63, 3.8) is 0 Å². The molecule has 17 heavy (non-hydrogen) atoms. The van der Waals surface area contributed by atoms with Gasteiger partial charge in [-0.25, -0.2) is 0 Å². The first-order chi connectivity index (χ1) is 8.18. The molecule has 0 radical (unpaired) electrons. The van der Waals surface area contributed by atoms with Gasteiger partial charge in [0.15, 0.2) is 0 Å². The second-order valence-corrected chi connectivity index (χ2v) is 5.17. The molecule has 0 spiro atoms. The van der Waals surface area contributed by atoms with Gasteiger partial charge in [0.05, 0.1) is 12.7 Å². The Morgan fingerprint density at radius 2 is 2.06 bits per heavy atom. The summed E-state index contributed by atoms with van der Waals surface area (Å²) in [6, 6.07) is 0. The van der Waals surface area contributed by atoms with Crippen molar-refractivity contribution in [2.24, 2.45) is 0 Å². The quantitative estimate of drug-likeness (QED) is 0.710. The van der Waals surface area contributed by atoms with E-state index >= 15 is 0 Å². The van der Waals surface area contributed by atoms with Crippen LogP contribution in [0.4, 0.5) is 0 Å². The van der Waals surface area contributed by atoms with Crippen LogP contribution in [0.5, 0.6) is 0 Å². The molecule has 0 amide bonds. The summed E-state index contributed by atoms with van der Waals surface area (Å²) in [5.41, 5.74) is 0. The lowest BCUT2D eigenvalue weighted by molar-refractivity contribution is 0.0621. The van der Waals surface area contributed by atoms with Crippen LogP contribution >= 0.6 is 0 Å². The van der Waals surface area contributed by atoms with Crippen LogP contribution in [0, 0.1) is 0 Å². The molecule has 1 aliphatic rings. The minimum atomic E-state index is 0.347. The van der Waals surface area contributed by atoms with E-state index < -0.39 is 0 Å². The lowest BCUT2D eigenvalue weighted by Crippen LogP contribution is -2.36. The smallest absolute Gasteiger partial charge is 0.0596 e. The van der Waals surface area contributed by atoms with Crippen molar-refractivity contribution in [2.75, 3.05) is 59.5 Å². The van der Waals surface area contributed by atoms with Crippen LogP contribution in [-0.2, 0) is 4.74 Å². The molecular formula is C13H29N3O. The van der Waals surface area contributed by atoms with Crippen molar-refractivity contribution in [1.82, 2.24) is 15.1 Å². The Labute approximate surface area is 106 Å². The Hall–Kier alpha value is -0.160. The molecule has 0 atom stereocenters. The van der Waals surface area contributed by atoms with Crippen molar-refractivity contribution in [1.29, 1.82) is 0 Å². The summed E-state index contributed by atoms with van der Waals surface area (Å²) in [5.74, 6) is 0. The van der Waals surface area contributed by atoms with Gasteiger partial charge in [-0.05, 0) is 40.4 Å². The van der Waals surface area contributed by atoms with E-state index in [4.69, 9.17) is 4.74 Å². The molecular weight excluding hydrogens is 214 g/mol. The second kappa shape index (κ2) is 8.86. The molecule has 0 aromatic rings. The van der Waals surface area contributed by atoms with Gasteiger partial charge in [-0.1, -0.05) is 0 Å². The van der Waals surface area contributed by atoms with E-state index in [9.17, 15) is 0 Å². The van der Waals surface area contributed by atoms with Crippen LogP contribution in [0.1, 0.15) is 20.3 Å². The van der Waals surface area contributed by atoms with Crippen molar-refractivity contribution in [3.05, 3.63) is 0 Å². The zero-order valence-corrected chi connectivity index (χ0v) is 11.7. The van der Waals surface area contributed by atoms with Crippen LogP contribution in [0.2, 0.25) is 0 Å². The number of hydrogen-bond donors (Lipinski definition) is 1. The molecule has 1 fully saturated rings. The van der Waals surface area contributed by atoms with Gasteiger partial charge >= 0.3 is 0 Å². The Balaban J connectivity index is 2.03. The Kier molecular flexibility index (Phi) is 7.77. The summed E-state index contributed by atoms with van der Waals surface area (Å²) in [6.07, 6.45) is 1.63. The zero-order chi connectivity index (χ0) is 12.5. The van der Waals surface area contributed by atoms with Gasteiger partial charge < -0.3 is 19.9 Å². The third-order valence-electron chi connectivity index (χ3n) is 3.15. The fraction of sp³-hybridized carbons (Fsp3) is 1.00. The Morgan fingerprint density at radius 1 is 1.24 bits per heavy atom. The molecule has 102 valence electrons. The minimum absolute atomic E-state index is 0.347. The molecule has 1 saturated heterocycles. The molecule has 0 aliphatic carbocycles. The first-order valence-corrected chi connectivity index (χ1v) is 6.91. The number of likely N-dealkylation sites (N-methyl/N-ethyl adjacent to an activating group) is 1. The van der Waals surface area contributed by atoms with Crippen LogP contribution in [0.25, 0.3) is 0 Å². The fourth-order valence-corrected chi connectivity index (χ4v) is 1.99. The van der Waals surface area contributed by atoms with Gasteiger partial charge in [-0.3, -0.25) is 0 Å². The summed E-state index contributed by atoms with van der Waals surface area (Å²) in [5, 5.41) is 3.44. The summed E-state index contributed by atoms with van der Waals surface area (Å²) in [7, 11) is 2.18. The van der Waals surface area contributed by atoms with E-state index in [1.807, 2.05) is 0 Å². The van der Waals surface area contributed by atoms with Gasteiger partial charge in [0.2, 0.25) is 0 Å². The highest BCUT2D eigenvalue weighted by molar-refractivity contribution is 4.67. The largest absolute Gasteiger partial charge is 0.377 e. The fourth-order valence-electron chi connectivity index (χ4n) is 1.99. The number of hydrogen-bond acceptors (Lipinski definition) is 4. The first-order valence-electron chi connectivity index (χ1n) is 6.91. The van der Waals surface area contributed by atoms with Crippen molar-refractivity contribution in [3.8, 4) is 0 Å². The molecule has 1 rings (SSSR count). The normalized spacial score (nSPS) is 18.9. The maximum Gasteiger partial charge on any atom is 0.0596 e. The third-order valence-corrected chi connectivity index (χ3v) is 3.15. The van der Waals surface area contributed by atoms with Gasteiger partial charge in [0.1, 0.15) is 0 Å².